The van der Waals surface area contributed by atoms with Gasteiger partial charge in [0.25, 0.3) is 5.91 Å². The molecule has 160 valence electrons. The number of carbonyl (C=O) groups is 1. The second kappa shape index (κ2) is 9.01. The number of aromatic nitrogens is 2. The highest BCUT2D eigenvalue weighted by Crippen LogP contribution is 2.29. The van der Waals surface area contributed by atoms with Crippen LogP contribution in [0.1, 0.15) is 32.9 Å². The van der Waals surface area contributed by atoms with Crippen LogP contribution < -0.4 is 10.6 Å². The zero-order chi connectivity index (χ0) is 20.7. The number of aryl methyl sites for hydroxylation is 1. The molecule has 0 atom stereocenters. The molecule has 8 heteroatoms. The van der Waals surface area contributed by atoms with Crippen molar-refractivity contribution in [3.8, 4) is 0 Å². The predicted octanol–water partition coefficient (Wildman–Crippen LogP) is 5.43. The van der Waals surface area contributed by atoms with E-state index in [9.17, 15) is 4.79 Å². The third-order valence-corrected chi connectivity index (χ3v) is 6.75. The molecule has 0 bridgehead atoms. The number of rotatable bonds is 4. The summed E-state index contributed by atoms with van der Waals surface area (Å²) < 4.78 is 3.07. The number of nitrogens with zero attached hydrogens (tertiary/aromatic N) is 2. The van der Waals surface area contributed by atoms with E-state index in [1.807, 2.05) is 41.9 Å². The highest BCUT2D eigenvalue weighted by atomic mass is 35.5. The minimum Gasteiger partial charge on any atom is -0.321 e. The van der Waals surface area contributed by atoms with E-state index in [2.05, 4.69) is 33.2 Å². The average Bonchev–Trinajstić information content (AvgIpc) is 3.31. The van der Waals surface area contributed by atoms with Crippen LogP contribution in [0, 0.1) is 6.92 Å². The van der Waals surface area contributed by atoms with E-state index in [-0.39, 0.29) is 18.3 Å². The third kappa shape index (κ3) is 4.48. The molecular formula is C23H22Cl2N4OS. The number of carbonyl (C=O) groups excluding carboxylic acids is 1. The quantitative estimate of drug-likeness (QED) is 0.416. The van der Waals surface area contributed by atoms with Gasteiger partial charge in [0.05, 0.1) is 6.54 Å². The Labute approximate surface area is 195 Å². The largest absolute Gasteiger partial charge is 0.321 e. The fourth-order valence-electron chi connectivity index (χ4n) is 3.87. The van der Waals surface area contributed by atoms with Gasteiger partial charge in [-0.05, 0) is 83.7 Å². The molecule has 1 amide bonds. The Hall–Kier alpha value is -2.38. The summed E-state index contributed by atoms with van der Waals surface area (Å²) >= 11 is 7.86. The van der Waals surface area contributed by atoms with Crippen molar-refractivity contribution >= 4 is 57.0 Å². The first kappa shape index (κ1) is 21.8. The maximum Gasteiger partial charge on any atom is 0.276 e. The van der Waals surface area contributed by atoms with E-state index in [1.165, 1.54) is 15.8 Å². The lowest BCUT2D eigenvalue weighted by Crippen LogP contribution is -2.23. The third-order valence-electron chi connectivity index (χ3n) is 5.50. The van der Waals surface area contributed by atoms with Gasteiger partial charge in [-0.25, -0.2) is 0 Å². The van der Waals surface area contributed by atoms with E-state index in [0.29, 0.717) is 12.2 Å². The van der Waals surface area contributed by atoms with E-state index >= 15 is 0 Å². The lowest BCUT2D eigenvalue weighted by molar-refractivity contribution is 0.102. The Kier molecular flexibility index (Phi) is 6.34. The van der Waals surface area contributed by atoms with Gasteiger partial charge >= 0.3 is 0 Å². The van der Waals surface area contributed by atoms with Crippen LogP contribution in [0.2, 0.25) is 5.02 Å². The topological polar surface area (TPSA) is 59.0 Å². The molecule has 0 saturated heterocycles. The first-order chi connectivity index (χ1) is 14.6. The van der Waals surface area contributed by atoms with E-state index in [1.54, 1.807) is 11.3 Å². The smallest absolute Gasteiger partial charge is 0.276 e. The van der Waals surface area contributed by atoms with Crippen LogP contribution in [0.4, 0.5) is 5.69 Å². The molecule has 1 aliphatic rings. The molecule has 2 aromatic heterocycles. The van der Waals surface area contributed by atoms with E-state index < -0.39 is 0 Å². The highest BCUT2D eigenvalue weighted by molar-refractivity contribution is 7.17. The molecule has 0 fully saturated rings. The minimum absolute atomic E-state index is 0. The number of hydrogen-bond donors (Lipinski definition) is 2. The Morgan fingerprint density at radius 1 is 1.23 bits per heavy atom. The number of amides is 1. The summed E-state index contributed by atoms with van der Waals surface area (Å²) in [5.41, 5.74) is 5.91. The van der Waals surface area contributed by atoms with Crippen molar-refractivity contribution in [2.75, 3.05) is 11.9 Å². The second-order valence-corrected chi connectivity index (χ2v) is 8.94. The van der Waals surface area contributed by atoms with Gasteiger partial charge in [-0.3, -0.25) is 9.48 Å². The Balaban J connectivity index is 0.00000231. The fraction of sp³-hybridized carbons (Fsp3) is 0.217. The molecule has 3 heterocycles. The SMILES string of the molecule is Cc1cc(C(=O)Nc2ccc3c(c2)CCNC3)nn1Cc1csc2ccc(Cl)cc12.Cl. The summed E-state index contributed by atoms with van der Waals surface area (Å²) in [6, 6.07) is 13.9. The molecule has 0 unspecified atom stereocenters. The van der Waals surface area contributed by atoms with Crippen molar-refractivity contribution in [2.24, 2.45) is 0 Å². The van der Waals surface area contributed by atoms with Gasteiger partial charge in [0.1, 0.15) is 0 Å². The second-order valence-electron chi connectivity index (χ2n) is 7.59. The zero-order valence-corrected chi connectivity index (χ0v) is 19.3. The summed E-state index contributed by atoms with van der Waals surface area (Å²) in [4.78, 5) is 12.8. The summed E-state index contributed by atoms with van der Waals surface area (Å²) in [5, 5.41) is 14.9. The van der Waals surface area contributed by atoms with Crippen molar-refractivity contribution < 1.29 is 4.79 Å². The molecule has 0 radical (unpaired) electrons. The van der Waals surface area contributed by atoms with Crippen molar-refractivity contribution in [1.82, 2.24) is 15.1 Å². The van der Waals surface area contributed by atoms with Gasteiger partial charge in [0, 0.05) is 27.6 Å². The lowest BCUT2D eigenvalue weighted by atomic mass is 10.0. The molecule has 2 N–H and O–H groups in total. The van der Waals surface area contributed by atoms with Crippen molar-refractivity contribution in [1.29, 1.82) is 0 Å². The number of halogens is 2. The molecule has 5 nitrogen and oxygen atoms in total. The molecule has 2 aromatic carbocycles. The number of nitrogens with one attached hydrogen (secondary N) is 2. The Morgan fingerprint density at radius 3 is 2.97 bits per heavy atom. The first-order valence-corrected chi connectivity index (χ1v) is 11.2. The van der Waals surface area contributed by atoms with Crippen molar-refractivity contribution in [2.45, 2.75) is 26.4 Å². The average molecular weight is 473 g/mol. The van der Waals surface area contributed by atoms with Gasteiger partial charge < -0.3 is 10.6 Å². The highest BCUT2D eigenvalue weighted by Gasteiger charge is 2.16. The standard InChI is InChI=1S/C23H21ClN4OS.ClH/c1-14-8-21(23(29)26-19-4-2-16-11-25-7-6-15(16)9-19)27-28(14)12-17-13-30-22-5-3-18(24)10-20(17)22;/h2-5,8-10,13,25H,6-7,11-12H2,1H3,(H,26,29);1H. The molecular weight excluding hydrogens is 451 g/mol. The van der Waals surface area contributed by atoms with Crippen LogP contribution in [0.5, 0.6) is 0 Å². The summed E-state index contributed by atoms with van der Waals surface area (Å²) in [6.45, 7) is 4.43. The van der Waals surface area contributed by atoms with Crippen LogP contribution >= 0.6 is 35.3 Å². The normalized spacial score (nSPS) is 13.0. The van der Waals surface area contributed by atoms with Gasteiger partial charge in [-0.1, -0.05) is 17.7 Å². The van der Waals surface area contributed by atoms with E-state index in [0.717, 1.165) is 46.9 Å². The Bertz CT molecular complexity index is 1260. The zero-order valence-electron chi connectivity index (χ0n) is 16.9. The molecule has 1 aliphatic heterocycles. The van der Waals surface area contributed by atoms with Crippen LogP contribution in [0.25, 0.3) is 10.1 Å². The fourth-order valence-corrected chi connectivity index (χ4v) is 4.98. The molecule has 5 rings (SSSR count). The summed E-state index contributed by atoms with van der Waals surface area (Å²) in [6.07, 6.45) is 0.978. The first-order valence-electron chi connectivity index (χ1n) is 9.91. The monoisotopic (exact) mass is 472 g/mol. The summed E-state index contributed by atoms with van der Waals surface area (Å²) in [5.74, 6) is -0.191. The van der Waals surface area contributed by atoms with Gasteiger partial charge in [0.15, 0.2) is 5.69 Å². The molecule has 0 spiro atoms. The number of thiophene rings is 1. The Morgan fingerprint density at radius 2 is 2.10 bits per heavy atom. The van der Waals surface area contributed by atoms with Crippen LogP contribution in [0.15, 0.2) is 47.8 Å². The minimum atomic E-state index is -0.191. The predicted molar refractivity (Wildman–Crippen MR) is 130 cm³/mol. The maximum absolute atomic E-state index is 12.8. The number of benzene rings is 2. The number of anilines is 1. The van der Waals surface area contributed by atoms with Gasteiger partial charge in [0.2, 0.25) is 0 Å². The molecule has 0 saturated carbocycles. The maximum atomic E-state index is 12.8. The van der Waals surface area contributed by atoms with Gasteiger partial charge in [-0.2, -0.15) is 5.10 Å². The van der Waals surface area contributed by atoms with Crippen LogP contribution in [-0.2, 0) is 19.5 Å². The number of fused-ring (bicyclic) bond motifs is 2. The van der Waals surface area contributed by atoms with Crippen LogP contribution in [-0.4, -0.2) is 22.2 Å². The number of hydrogen-bond acceptors (Lipinski definition) is 4. The van der Waals surface area contributed by atoms with Crippen LogP contribution in [0.3, 0.4) is 0 Å². The molecule has 31 heavy (non-hydrogen) atoms. The molecule has 4 aromatic rings. The van der Waals surface area contributed by atoms with Crippen molar-refractivity contribution in [3.63, 3.8) is 0 Å². The van der Waals surface area contributed by atoms with Gasteiger partial charge in [-0.15, -0.1) is 23.7 Å². The molecule has 0 aliphatic carbocycles. The van der Waals surface area contributed by atoms with E-state index in [4.69, 9.17) is 11.6 Å². The van der Waals surface area contributed by atoms with Crippen molar-refractivity contribution in [3.05, 3.63) is 80.9 Å². The summed E-state index contributed by atoms with van der Waals surface area (Å²) in [7, 11) is 0. The lowest BCUT2D eigenvalue weighted by Gasteiger charge is -2.17.